The molecule has 0 aliphatic carbocycles. The number of nitrogens with zero attached hydrogens (tertiary/aromatic N) is 2. The van der Waals surface area contributed by atoms with Crippen molar-refractivity contribution >= 4 is 37.1 Å². The Hall–Kier alpha value is -1.46. The minimum absolute atomic E-state index is 0.256. The summed E-state index contributed by atoms with van der Waals surface area (Å²) in [5.74, 6) is 0. The Morgan fingerprint density at radius 3 is 2.37 bits per heavy atom. The summed E-state index contributed by atoms with van der Waals surface area (Å²) < 4.78 is 54.9. The molecule has 1 aliphatic rings. The van der Waals surface area contributed by atoms with E-state index in [-0.39, 0.29) is 28.2 Å². The minimum atomic E-state index is -3.60. The zero-order chi connectivity index (χ0) is 19.7. The molecule has 1 N–H and O–H groups in total. The number of benzene rings is 1. The average Bonchev–Trinajstić information content (AvgIpc) is 3.18. The zero-order valence-corrected chi connectivity index (χ0v) is 17.6. The fourth-order valence-electron chi connectivity index (χ4n) is 2.98. The van der Waals surface area contributed by atoms with E-state index in [2.05, 4.69) is 4.72 Å². The van der Waals surface area contributed by atoms with Gasteiger partial charge >= 0.3 is 0 Å². The van der Waals surface area contributed by atoms with Gasteiger partial charge < -0.3 is 4.90 Å². The van der Waals surface area contributed by atoms with Crippen LogP contribution in [0, 0.1) is 0 Å². The molecule has 0 spiro atoms. The molecule has 2 aromatic rings. The first-order chi connectivity index (χ1) is 12.7. The monoisotopic (exact) mass is 429 g/mol. The van der Waals surface area contributed by atoms with Gasteiger partial charge in [0.25, 0.3) is 0 Å². The third kappa shape index (κ3) is 4.52. The van der Waals surface area contributed by atoms with Crippen molar-refractivity contribution in [1.29, 1.82) is 0 Å². The summed E-state index contributed by atoms with van der Waals surface area (Å²) in [5.41, 5.74) is 0.815. The summed E-state index contributed by atoms with van der Waals surface area (Å²) in [5, 5.41) is 1.71. The largest absolute Gasteiger partial charge is 0.378 e. The van der Waals surface area contributed by atoms with Gasteiger partial charge in [0, 0.05) is 38.9 Å². The quantitative estimate of drug-likeness (QED) is 0.758. The van der Waals surface area contributed by atoms with Crippen LogP contribution < -0.4 is 9.62 Å². The van der Waals surface area contributed by atoms with Crippen LogP contribution in [-0.4, -0.2) is 54.4 Å². The Morgan fingerprint density at radius 2 is 1.78 bits per heavy atom. The van der Waals surface area contributed by atoms with E-state index in [1.807, 2.05) is 25.1 Å². The Morgan fingerprint density at radius 1 is 1.07 bits per heavy atom. The minimum Gasteiger partial charge on any atom is -0.378 e. The first kappa shape index (κ1) is 20.3. The van der Waals surface area contributed by atoms with Crippen LogP contribution in [0.5, 0.6) is 0 Å². The van der Waals surface area contributed by atoms with E-state index in [1.165, 1.54) is 4.31 Å². The second-order valence-electron chi connectivity index (χ2n) is 6.62. The molecule has 0 atom stereocenters. The molecule has 0 radical (unpaired) electrons. The second kappa shape index (κ2) is 7.88. The SMILES string of the molecule is CN(C)c1cccc(S(=O)(=O)N2CCC(NS(=O)(=O)c3cccs3)CC2)c1. The number of hydrogen-bond acceptors (Lipinski definition) is 6. The summed E-state index contributed by atoms with van der Waals surface area (Å²) in [6.07, 6.45) is 0.883. The van der Waals surface area contributed by atoms with E-state index in [9.17, 15) is 16.8 Å². The van der Waals surface area contributed by atoms with Crippen LogP contribution in [0.15, 0.2) is 50.9 Å². The van der Waals surface area contributed by atoms with Gasteiger partial charge in [0.1, 0.15) is 4.21 Å². The second-order valence-corrected chi connectivity index (χ2v) is 11.4. The van der Waals surface area contributed by atoms with E-state index < -0.39 is 20.0 Å². The summed E-state index contributed by atoms with van der Waals surface area (Å²) in [7, 11) is -3.42. The molecule has 0 saturated carbocycles. The fourth-order valence-corrected chi connectivity index (χ4v) is 6.80. The molecule has 1 aromatic heterocycles. The van der Waals surface area contributed by atoms with E-state index in [0.717, 1.165) is 17.0 Å². The van der Waals surface area contributed by atoms with Crippen molar-refractivity contribution in [3.63, 3.8) is 0 Å². The maximum Gasteiger partial charge on any atom is 0.250 e. The van der Waals surface area contributed by atoms with E-state index in [4.69, 9.17) is 0 Å². The van der Waals surface area contributed by atoms with Crippen molar-refractivity contribution < 1.29 is 16.8 Å². The fraction of sp³-hybridized carbons (Fsp3) is 0.412. The molecule has 1 fully saturated rings. The van der Waals surface area contributed by atoms with Crippen molar-refractivity contribution in [1.82, 2.24) is 9.03 Å². The lowest BCUT2D eigenvalue weighted by Gasteiger charge is -2.31. The molecule has 7 nitrogen and oxygen atoms in total. The highest BCUT2D eigenvalue weighted by Gasteiger charge is 2.31. The molecule has 10 heteroatoms. The molecular weight excluding hydrogens is 406 g/mol. The lowest BCUT2D eigenvalue weighted by atomic mass is 10.1. The molecular formula is C17H23N3O4S3. The van der Waals surface area contributed by atoms with Crippen LogP contribution in [0.2, 0.25) is 0 Å². The van der Waals surface area contributed by atoms with Crippen LogP contribution in [0.1, 0.15) is 12.8 Å². The van der Waals surface area contributed by atoms with Crippen LogP contribution in [-0.2, 0) is 20.0 Å². The molecule has 1 saturated heterocycles. The molecule has 1 aromatic carbocycles. The highest BCUT2D eigenvalue weighted by atomic mass is 32.2. The van der Waals surface area contributed by atoms with Crippen molar-refractivity contribution in [3.8, 4) is 0 Å². The van der Waals surface area contributed by atoms with Crippen LogP contribution in [0.3, 0.4) is 0 Å². The Kier molecular flexibility index (Phi) is 5.92. The normalized spacial score (nSPS) is 17.1. The van der Waals surface area contributed by atoms with Gasteiger partial charge in [-0.2, -0.15) is 4.31 Å². The van der Waals surface area contributed by atoms with Gasteiger partial charge in [-0.15, -0.1) is 11.3 Å². The predicted molar refractivity (Wildman–Crippen MR) is 107 cm³/mol. The van der Waals surface area contributed by atoms with Crippen LogP contribution in [0.4, 0.5) is 5.69 Å². The number of anilines is 1. The Bertz CT molecular complexity index is 978. The van der Waals surface area contributed by atoms with Gasteiger partial charge in [0.15, 0.2) is 0 Å². The molecule has 2 heterocycles. The summed E-state index contributed by atoms with van der Waals surface area (Å²) in [4.78, 5) is 2.11. The third-order valence-electron chi connectivity index (χ3n) is 4.51. The number of thiophene rings is 1. The van der Waals surface area contributed by atoms with Crippen molar-refractivity contribution in [2.75, 3.05) is 32.1 Å². The topological polar surface area (TPSA) is 86.8 Å². The van der Waals surface area contributed by atoms with Crippen molar-refractivity contribution in [2.45, 2.75) is 28.0 Å². The first-order valence-electron chi connectivity index (χ1n) is 8.53. The lowest BCUT2D eigenvalue weighted by Crippen LogP contribution is -2.46. The number of hydrogen-bond donors (Lipinski definition) is 1. The van der Waals surface area contributed by atoms with Gasteiger partial charge in [-0.05, 0) is 42.5 Å². The standard InChI is InChI=1S/C17H23N3O4S3/c1-19(2)15-5-3-6-16(13-15)27(23,24)20-10-8-14(9-11-20)18-26(21,22)17-7-4-12-25-17/h3-7,12-14,18H,8-11H2,1-2H3. The lowest BCUT2D eigenvalue weighted by molar-refractivity contribution is 0.308. The van der Waals surface area contributed by atoms with Crippen molar-refractivity contribution in [2.24, 2.45) is 0 Å². The molecule has 0 amide bonds. The average molecular weight is 430 g/mol. The van der Waals surface area contributed by atoms with Gasteiger partial charge in [0.2, 0.25) is 20.0 Å². The maximum absolute atomic E-state index is 12.9. The maximum atomic E-state index is 12.9. The smallest absolute Gasteiger partial charge is 0.250 e. The Balaban J connectivity index is 1.67. The molecule has 0 bridgehead atoms. The predicted octanol–water partition coefficient (Wildman–Crippen LogP) is 1.95. The number of sulfonamides is 2. The molecule has 3 rings (SSSR count). The van der Waals surface area contributed by atoms with Crippen LogP contribution in [0.25, 0.3) is 0 Å². The van der Waals surface area contributed by atoms with Gasteiger partial charge in [-0.3, -0.25) is 0 Å². The summed E-state index contributed by atoms with van der Waals surface area (Å²) in [6.45, 7) is 0.568. The third-order valence-corrected chi connectivity index (χ3v) is 9.32. The van der Waals surface area contributed by atoms with Crippen molar-refractivity contribution in [3.05, 3.63) is 41.8 Å². The molecule has 1 aliphatic heterocycles. The molecule has 0 unspecified atom stereocenters. The highest BCUT2D eigenvalue weighted by Crippen LogP contribution is 2.25. The van der Waals surface area contributed by atoms with E-state index in [1.54, 1.807) is 35.7 Å². The van der Waals surface area contributed by atoms with E-state index >= 15 is 0 Å². The summed E-state index contributed by atoms with van der Waals surface area (Å²) >= 11 is 1.16. The van der Waals surface area contributed by atoms with Gasteiger partial charge in [-0.25, -0.2) is 21.6 Å². The van der Waals surface area contributed by atoms with Gasteiger partial charge in [-0.1, -0.05) is 12.1 Å². The zero-order valence-electron chi connectivity index (χ0n) is 15.2. The molecule has 27 heavy (non-hydrogen) atoms. The van der Waals surface area contributed by atoms with E-state index in [0.29, 0.717) is 12.8 Å². The number of rotatable bonds is 6. The molecule has 148 valence electrons. The number of nitrogens with one attached hydrogen (secondary N) is 1. The Labute approximate surface area is 164 Å². The summed E-state index contributed by atoms with van der Waals surface area (Å²) in [6, 6.07) is 9.81. The van der Waals surface area contributed by atoms with Gasteiger partial charge in [0.05, 0.1) is 4.90 Å². The first-order valence-corrected chi connectivity index (χ1v) is 12.3. The number of piperidine rings is 1. The van der Waals surface area contributed by atoms with Crippen LogP contribution >= 0.6 is 11.3 Å². The highest BCUT2D eigenvalue weighted by molar-refractivity contribution is 7.91.